The quantitative estimate of drug-likeness (QED) is 0.541. The van der Waals surface area contributed by atoms with Gasteiger partial charge in [0.25, 0.3) is 0 Å². The number of halogens is 1. The summed E-state index contributed by atoms with van der Waals surface area (Å²) in [5.41, 5.74) is 1.87. The number of carbonyl (C=O) groups excluding carboxylic acids is 2. The van der Waals surface area contributed by atoms with E-state index >= 15 is 0 Å². The molecule has 1 aromatic carbocycles. The lowest BCUT2D eigenvalue weighted by molar-refractivity contribution is -0.151. The zero-order chi connectivity index (χ0) is 15.7. The van der Waals surface area contributed by atoms with Gasteiger partial charge in [-0.1, -0.05) is 31.0 Å². The van der Waals surface area contributed by atoms with Gasteiger partial charge in [0.15, 0.2) is 0 Å². The molecule has 0 heterocycles. The van der Waals surface area contributed by atoms with Crippen LogP contribution in [0.15, 0.2) is 18.2 Å². The highest BCUT2D eigenvalue weighted by Crippen LogP contribution is 2.16. The fraction of sp³-hybridized carbons (Fsp3) is 0.500. The topological polar surface area (TPSA) is 52.6 Å². The number of hydrogen-bond donors (Lipinski definition) is 0. The van der Waals surface area contributed by atoms with Gasteiger partial charge in [-0.15, -0.1) is 0 Å². The molecule has 1 rings (SSSR count). The second-order valence-corrected chi connectivity index (χ2v) is 5.24. The van der Waals surface area contributed by atoms with Crippen molar-refractivity contribution in [3.63, 3.8) is 0 Å². The Morgan fingerprint density at radius 1 is 1.14 bits per heavy atom. The molecule has 0 radical (unpaired) electrons. The zero-order valence-electron chi connectivity index (χ0n) is 12.5. The Morgan fingerprint density at radius 2 is 1.81 bits per heavy atom. The Bertz CT molecular complexity index is 485. The Hall–Kier alpha value is -1.55. The fourth-order valence-electron chi connectivity index (χ4n) is 1.66. The highest BCUT2D eigenvalue weighted by Gasteiger charge is 2.10. The number of benzene rings is 1. The molecule has 0 saturated heterocycles. The molecular weight excluding hydrogens is 292 g/mol. The van der Waals surface area contributed by atoms with Gasteiger partial charge in [-0.2, -0.15) is 0 Å². The summed E-state index contributed by atoms with van der Waals surface area (Å²) < 4.78 is 10.1. The summed E-state index contributed by atoms with van der Waals surface area (Å²) in [4.78, 5) is 22.9. The third-order valence-corrected chi connectivity index (χ3v) is 3.22. The molecule has 21 heavy (non-hydrogen) atoms. The molecule has 5 heteroatoms. The molecule has 116 valence electrons. The van der Waals surface area contributed by atoms with E-state index in [0.717, 1.165) is 24.0 Å². The summed E-state index contributed by atoms with van der Waals surface area (Å²) >= 11 is 5.86. The Morgan fingerprint density at radius 3 is 2.43 bits per heavy atom. The van der Waals surface area contributed by atoms with Gasteiger partial charge in [0.1, 0.15) is 6.61 Å². The minimum absolute atomic E-state index is 0.0393. The third kappa shape index (κ3) is 7.14. The number of carbonyl (C=O) groups is 2. The van der Waals surface area contributed by atoms with Gasteiger partial charge in [-0.05, 0) is 36.6 Å². The summed E-state index contributed by atoms with van der Waals surface area (Å²) in [5, 5.41) is 0.650. The summed E-state index contributed by atoms with van der Waals surface area (Å²) in [6.07, 6.45) is 1.90. The van der Waals surface area contributed by atoms with Crippen LogP contribution in [0.2, 0.25) is 5.02 Å². The van der Waals surface area contributed by atoms with Crippen molar-refractivity contribution in [1.29, 1.82) is 0 Å². The second kappa shape index (κ2) is 9.40. The van der Waals surface area contributed by atoms with E-state index in [-0.39, 0.29) is 25.4 Å². The van der Waals surface area contributed by atoms with Crippen LogP contribution >= 0.6 is 11.6 Å². The maximum Gasteiger partial charge on any atom is 0.306 e. The van der Waals surface area contributed by atoms with Crippen molar-refractivity contribution < 1.29 is 19.1 Å². The van der Waals surface area contributed by atoms with Gasteiger partial charge in [-0.3, -0.25) is 9.59 Å². The summed E-state index contributed by atoms with van der Waals surface area (Å²) in [6, 6.07) is 5.39. The summed E-state index contributed by atoms with van der Waals surface area (Å²) in [5.74, 6) is -0.764. The maximum atomic E-state index is 11.6. The zero-order valence-corrected chi connectivity index (χ0v) is 13.2. The molecule has 0 aliphatic heterocycles. The number of rotatable bonds is 8. The largest absolute Gasteiger partial charge is 0.466 e. The predicted octanol–water partition coefficient (Wildman–Crippen LogP) is 3.82. The van der Waals surface area contributed by atoms with E-state index in [1.54, 1.807) is 6.07 Å². The molecular formula is C16H21ClO4. The Balaban J connectivity index is 2.26. The number of aryl methyl sites for hydroxylation is 1. The van der Waals surface area contributed by atoms with Gasteiger partial charge in [0.2, 0.25) is 0 Å². The van der Waals surface area contributed by atoms with Crippen molar-refractivity contribution >= 4 is 23.5 Å². The first-order chi connectivity index (χ1) is 10.0. The SMILES string of the molecule is CCCCOC(=O)CCC(=O)OCc1ccc(Cl)cc1C. The van der Waals surface area contributed by atoms with E-state index < -0.39 is 5.97 Å². The van der Waals surface area contributed by atoms with Crippen molar-refractivity contribution in [2.75, 3.05) is 6.61 Å². The van der Waals surface area contributed by atoms with Gasteiger partial charge < -0.3 is 9.47 Å². The molecule has 0 aliphatic carbocycles. The maximum absolute atomic E-state index is 11.6. The van der Waals surface area contributed by atoms with Crippen LogP contribution in [0.5, 0.6) is 0 Å². The van der Waals surface area contributed by atoms with E-state index in [1.165, 1.54) is 0 Å². The van der Waals surface area contributed by atoms with Crippen molar-refractivity contribution in [2.24, 2.45) is 0 Å². The highest BCUT2D eigenvalue weighted by molar-refractivity contribution is 6.30. The monoisotopic (exact) mass is 312 g/mol. The molecule has 0 spiro atoms. The van der Waals surface area contributed by atoms with Crippen molar-refractivity contribution in [3.8, 4) is 0 Å². The van der Waals surface area contributed by atoms with Crippen LogP contribution in [0.4, 0.5) is 0 Å². The Kier molecular flexibility index (Phi) is 7.83. The molecule has 4 nitrogen and oxygen atoms in total. The number of esters is 2. The van der Waals surface area contributed by atoms with E-state index in [1.807, 2.05) is 26.0 Å². The molecule has 0 amide bonds. The van der Waals surface area contributed by atoms with Gasteiger partial charge >= 0.3 is 11.9 Å². The van der Waals surface area contributed by atoms with Crippen molar-refractivity contribution in [2.45, 2.75) is 46.1 Å². The first kappa shape index (κ1) is 17.5. The van der Waals surface area contributed by atoms with Crippen LogP contribution in [0.25, 0.3) is 0 Å². The number of hydrogen-bond acceptors (Lipinski definition) is 4. The first-order valence-corrected chi connectivity index (χ1v) is 7.47. The molecule has 0 atom stereocenters. The van der Waals surface area contributed by atoms with Crippen LogP contribution in [0.1, 0.15) is 43.7 Å². The molecule has 0 unspecified atom stereocenters. The van der Waals surface area contributed by atoms with Crippen LogP contribution in [-0.2, 0) is 25.7 Å². The van der Waals surface area contributed by atoms with Crippen LogP contribution in [0.3, 0.4) is 0 Å². The van der Waals surface area contributed by atoms with E-state index in [9.17, 15) is 9.59 Å². The van der Waals surface area contributed by atoms with Gasteiger partial charge in [0, 0.05) is 5.02 Å². The van der Waals surface area contributed by atoms with Crippen LogP contribution in [-0.4, -0.2) is 18.5 Å². The highest BCUT2D eigenvalue weighted by atomic mass is 35.5. The van der Waals surface area contributed by atoms with E-state index in [4.69, 9.17) is 21.1 Å². The van der Waals surface area contributed by atoms with Gasteiger partial charge in [-0.25, -0.2) is 0 Å². The van der Waals surface area contributed by atoms with Crippen molar-refractivity contribution in [1.82, 2.24) is 0 Å². The summed E-state index contributed by atoms with van der Waals surface area (Å²) in [6.45, 7) is 4.52. The molecule has 0 saturated carbocycles. The minimum Gasteiger partial charge on any atom is -0.466 e. The smallest absolute Gasteiger partial charge is 0.306 e. The van der Waals surface area contributed by atoms with Gasteiger partial charge in [0.05, 0.1) is 19.4 Å². The van der Waals surface area contributed by atoms with Crippen LogP contribution < -0.4 is 0 Å². The molecule has 0 fully saturated rings. The van der Waals surface area contributed by atoms with E-state index in [2.05, 4.69) is 0 Å². The predicted molar refractivity (Wildman–Crippen MR) is 81.1 cm³/mol. The third-order valence-electron chi connectivity index (χ3n) is 2.99. The molecule has 0 aromatic heterocycles. The Labute approximate surface area is 130 Å². The normalized spacial score (nSPS) is 10.2. The molecule has 0 aliphatic rings. The number of unbranched alkanes of at least 4 members (excludes halogenated alkanes) is 1. The second-order valence-electron chi connectivity index (χ2n) is 4.81. The van der Waals surface area contributed by atoms with Crippen LogP contribution in [0, 0.1) is 6.92 Å². The lowest BCUT2D eigenvalue weighted by Gasteiger charge is -2.08. The van der Waals surface area contributed by atoms with Crippen molar-refractivity contribution in [3.05, 3.63) is 34.3 Å². The first-order valence-electron chi connectivity index (χ1n) is 7.09. The lowest BCUT2D eigenvalue weighted by Crippen LogP contribution is -2.11. The fourth-order valence-corrected chi connectivity index (χ4v) is 1.88. The molecule has 0 N–H and O–H groups in total. The lowest BCUT2D eigenvalue weighted by atomic mass is 10.1. The minimum atomic E-state index is -0.406. The summed E-state index contributed by atoms with van der Waals surface area (Å²) in [7, 11) is 0. The average molecular weight is 313 g/mol. The average Bonchev–Trinajstić information content (AvgIpc) is 2.44. The number of ether oxygens (including phenoxy) is 2. The molecule has 1 aromatic rings. The molecule has 0 bridgehead atoms. The standard InChI is InChI=1S/C16H21ClO4/c1-3-4-9-20-15(18)7-8-16(19)21-11-13-5-6-14(17)10-12(13)2/h5-6,10H,3-4,7-9,11H2,1-2H3. The van der Waals surface area contributed by atoms with E-state index in [0.29, 0.717) is 11.6 Å².